The molecule has 1 amide bonds. The molecule has 1 N–H and O–H groups in total. The van der Waals surface area contributed by atoms with Crippen molar-refractivity contribution >= 4 is 53.8 Å². The number of aromatic nitrogens is 2. The molecule has 2 aromatic heterocycles. The Morgan fingerprint density at radius 2 is 1.86 bits per heavy atom. The molecule has 0 aliphatic rings. The van der Waals surface area contributed by atoms with Gasteiger partial charge >= 0.3 is 0 Å². The highest BCUT2D eigenvalue weighted by Gasteiger charge is 2.22. The van der Waals surface area contributed by atoms with Crippen molar-refractivity contribution in [3.05, 3.63) is 48.7 Å². The second kappa shape index (κ2) is 7.54. The predicted molar refractivity (Wildman–Crippen MR) is 113 cm³/mol. The van der Waals surface area contributed by atoms with Crippen LogP contribution in [0.25, 0.3) is 20.7 Å². The van der Waals surface area contributed by atoms with Crippen LogP contribution in [-0.2, 0) is 14.6 Å². The number of sulfone groups is 1. The van der Waals surface area contributed by atoms with E-state index in [4.69, 9.17) is 4.74 Å². The lowest BCUT2D eigenvalue weighted by atomic mass is 10.2. The van der Waals surface area contributed by atoms with Crippen LogP contribution in [0.15, 0.2) is 57.9 Å². The Bertz CT molecular complexity index is 1310. The number of anilines is 1. The van der Waals surface area contributed by atoms with Gasteiger partial charge in [-0.05, 0) is 42.0 Å². The largest absolute Gasteiger partial charge is 0.497 e. The highest BCUT2D eigenvalue weighted by Crippen LogP contribution is 2.35. The van der Waals surface area contributed by atoms with Crippen LogP contribution >= 0.6 is 22.7 Å². The number of carbonyl (C=O) groups excluding carboxylic acids is 1. The summed E-state index contributed by atoms with van der Waals surface area (Å²) >= 11 is 2.47. The zero-order chi connectivity index (χ0) is 20.6. The van der Waals surface area contributed by atoms with Crippen molar-refractivity contribution in [1.29, 1.82) is 0 Å². The minimum Gasteiger partial charge on any atom is -0.497 e. The maximum absolute atomic E-state index is 12.9. The number of nitrogens with zero attached hydrogens (tertiary/aromatic N) is 2. The van der Waals surface area contributed by atoms with Gasteiger partial charge in [-0.15, -0.1) is 11.3 Å². The monoisotopic (exact) mass is 445 g/mol. The van der Waals surface area contributed by atoms with E-state index in [1.807, 2.05) is 18.2 Å². The molecule has 4 aromatic rings. The molecule has 0 fully saturated rings. The minimum atomic E-state index is -3.71. The second-order valence-electron chi connectivity index (χ2n) is 6.05. The van der Waals surface area contributed by atoms with Gasteiger partial charge in [0.1, 0.15) is 5.75 Å². The quantitative estimate of drug-likeness (QED) is 0.494. The number of carbonyl (C=O) groups is 1. The maximum Gasteiger partial charge on any atom is 0.233 e. The zero-order valence-corrected chi connectivity index (χ0v) is 17.8. The maximum atomic E-state index is 12.9. The predicted octanol–water partition coefficient (Wildman–Crippen LogP) is 4.22. The van der Waals surface area contributed by atoms with E-state index in [0.29, 0.717) is 10.9 Å². The molecule has 0 spiro atoms. The van der Waals surface area contributed by atoms with Crippen LogP contribution in [0.1, 0.15) is 6.92 Å². The van der Waals surface area contributed by atoms with Gasteiger partial charge in [0, 0.05) is 13.1 Å². The molecule has 10 heteroatoms. The number of rotatable bonds is 5. The lowest BCUT2D eigenvalue weighted by Crippen LogP contribution is -2.04. The SMILES string of the molecule is COc1ccc(S(=O)(=O)c2ncc(-c3ccc4nc(NC(C)=O)sc4c3)s2)cc1. The van der Waals surface area contributed by atoms with Crippen molar-refractivity contribution in [3.8, 4) is 16.2 Å². The number of methoxy groups -OCH3 is 1. The van der Waals surface area contributed by atoms with Gasteiger partial charge in [-0.25, -0.2) is 18.4 Å². The number of hydrogen-bond donors (Lipinski definition) is 1. The number of hydrogen-bond acceptors (Lipinski definition) is 8. The van der Waals surface area contributed by atoms with Gasteiger partial charge < -0.3 is 10.1 Å². The highest BCUT2D eigenvalue weighted by atomic mass is 32.2. The first kappa shape index (κ1) is 19.5. The van der Waals surface area contributed by atoms with Gasteiger partial charge in [-0.2, -0.15) is 0 Å². The molecule has 2 heterocycles. The summed E-state index contributed by atoms with van der Waals surface area (Å²) in [6, 6.07) is 11.8. The Morgan fingerprint density at radius 1 is 1.10 bits per heavy atom. The molecule has 7 nitrogen and oxygen atoms in total. The molecule has 148 valence electrons. The third-order valence-electron chi connectivity index (χ3n) is 4.04. The second-order valence-corrected chi connectivity index (χ2v) is 10.2. The number of fused-ring (bicyclic) bond motifs is 1. The molecule has 2 aromatic carbocycles. The lowest BCUT2D eigenvalue weighted by Gasteiger charge is -2.02. The molecule has 0 saturated carbocycles. The number of amides is 1. The van der Waals surface area contributed by atoms with Crippen LogP contribution in [-0.4, -0.2) is 31.4 Å². The molecular weight excluding hydrogens is 430 g/mol. The molecule has 0 radical (unpaired) electrons. The number of benzene rings is 2. The lowest BCUT2D eigenvalue weighted by molar-refractivity contribution is -0.114. The summed E-state index contributed by atoms with van der Waals surface area (Å²) in [5.41, 5.74) is 1.60. The average Bonchev–Trinajstić information content (AvgIpc) is 3.34. The van der Waals surface area contributed by atoms with Gasteiger partial charge in [0.15, 0.2) is 5.13 Å². The van der Waals surface area contributed by atoms with E-state index in [1.54, 1.807) is 18.3 Å². The van der Waals surface area contributed by atoms with E-state index in [-0.39, 0.29) is 15.1 Å². The number of thiazole rings is 2. The Labute approximate surface area is 174 Å². The van der Waals surface area contributed by atoms with Gasteiger partial charge in [0.05, 0.1) is 27.1 Å². The fourth-order valence-electron chi connectivity index (χ4n) is 2.65. The van der Waals surface area contributed by atoms with E-state index >= 15 is 0 Å². The van der Waals surface area contributed by atoms with Gasteiger partial charge in [0.25, 0.3) is 0 Å². The third-order valence-corrected chi connectivity index (χ3v) is 8.18. The Hall–Kier alpha value is -2.82. The van der Waals surface area contributed by atoms with Crippen LogP contribution < -0.4 is 10.1 Å². The van der Waals surface area contributed by atoms with Gasteiger partial charge in [0.2, 0.25) is 20.1 Å². The van der Waals surface area contributed by atoms with Crippen molar-refractivity contribution in [2.24, 2.45) is 0 Å². The average molecular weight is 446 g/mol. The molecule has 0 aliphatic heterocycles. The van der Waals surface area contributed by atoms with Crippen LogP contribution in [0.5, 0.6) is 5.75 Å². The molecule has 0 atom stereocenters. The van der Waals surface area contributed by atoms with E-state index in [1.165, 1.54) is 37.5 Å². The normalized spacial score (nSPS) is 11.5. The summed E-state index contributed by atoms with van der Waals surface area (Å²) in [5.74, 6) is 0.403. The van der Waals surface area contributed by atoms with Crippen molar-refractivity contribution in [3.63, 3.8) is 0 Å². The van der Waals surface area contributed by atoms with Gasteiger partial charge in [-0.3, -0.25) is 4.79 Å². The first-order valence-corrected chi connectivity index (χ1v) is 11.5. The van der Waals surface area contributed by atoms with Crippen LogP contribution in [0, 0.1) is 0 Å². The van der Waals surface area contributed by atoms with Gasteiger partial charge in [-0.1, -0.05) is 17.4 Å². The molecule has 29 heavy (non-hydrogen) atoms. The van der Waals surface area contributed by atoms with Crippen LogP contribution in [0.2, 0.25) is 0 Å². The first-order chi connectivity index (χ1) is 13.9. The fourth-order valence-corrected chi connectivity index (χ4v) is 6.13. The summed E-state index contributed by atoms with van der Waals surface area (Å²) in [7, 11) is -2.18. The van der Waals surface area contributed by atoms with Crippen molar-refractivity contribution in [1.82, 2.24) is 9.97 Å². The molecule has 0 aliphatic carbocycles. The van der Waals surface area contributed by atoms with E-state index < -0.39 is 9.84 Å². The molecule has 4 rings (SSSR count). The van der Waals surface area contributed by atoms with Crippen LogP contribution in [0.4, 0.5) is 5.13 Å². The third kappa shape index (κ3) is 3.86. The summed E-state index contributed by atoms with van der Waals surface area (Å²) in [4.78, 5) is 20.6. The first-order valence-electron chi connectivity index (χ1n) is 8.40. The Kier molecular flexibility index (Phi) is 5.07. The van der Waals surface area contributed by atoms with E-state index in [2.05, 4.69) is 15.3 Å². The molecule has 0 saturated heterocycles. The summed E-state index contributed by atoms with van der Waals surface area (Å²) < 4.78 is 31.7. The van der Waals surface area contributed by atoms with Crippen molar-refractivity contribution in [2.45, 2.75) is 16.2 Å². The minimum absolute atomic E-state index is 0.0287. The number of ether oxygens (including phenoxy) is 1. The van der Waals surface area contributed by atoms with E-state index in [9.17, 15) is 13.2 Å². The molecule has 0 unspecified atom stereocenters. The fraction of sp³-hybridized carbons (Fsp3) is 0.105. The summed E-state index contributed by atoms with van der Waals surface area (Å²) in [6.07, 6.45) is 1.55. The van der Waals surface area contributed by atoms with Crippen LogP contribution in [0.3, 0.4) is 0 Å². The topological polar surface area (TPSA) is 98.2 Å². The smallest absolute Gasteiger partial charge is 0.233 e. The van der Waals surface area contributed by atoms with E-state index in [0.717, 1.165) is 32.0 Å². The Balaban J connectivity index is 1.66. The highest BCUT2D eigenvalue weighted by molar-refractivity contribution is 7.93. The molecule has 0 bridgehead atoms. The molecular formula is C19H15N3O4S3. The van der Waals surface area contributed by atoms with Crippen molar-refractivity contribution in [2.75, 3.05) is 12.4 Å². The summed E-state index contributed by atoms with van der Waals surface area (Å²) in [6.45, 7) is 1.43. The Morgan fingerprint density at radius 3 is 2.55 bits per heavy atom. The van der Waals surface area contributed by atoms with Crippen molar-refractivity contribution < 1.29 is 17.9 Å². The summed E-state index contributed by atoms with van der Waals surface area (Å²) in [5, 5.41) is 3.20. The zero-order valence-electron chi connectivity index (χ0n) is 15.4. The number of nitrogens with one attached hydrogen (secondary N) is 1. The standard InChI is InChI=1S/C19H15N3O4S3/c1-11(23)21-18-22-15-8-3-12(9-16(15)27-18)17-10-20-19(28-17)29(24,25)14-6-4-13(26-2)5-7-14/h3-10H,1-2H3,(H,21,22,23).